The van der Waals surface area contributed by atoms with Crippen molar-refractivity contribution in [2.75, 3.05) is 6.61 Å². The summed E-state index contributed by atoms with van der Waals surface area (Å²) in [5.74, 6) is -0.366. The highest BCUT2D eigenvalue weighted by molar-refractivity contribution is 5.72. The van der Waals surface area contributed by atoms with Gasteiger partial charge < -0.3 is 4.74 Å². The molecule has 0 rings (SSSR count). The summed E-state index contributed by atoms with van der Waals surface area (Å²) in [5.41, 5.74) is 8.59. The molecule has 0 unspecified atom stereocenters. The molecule has 0 aliphatic rings. The molecule has 0 N–H and O–H groups in total. The van der Waals surface area contributed by atoms with Crippen LogP contribution in [0.15, 0.2) is 16.9 Å². The Labute approximate surface area is 77.0 Å². The van der Waals surface area contributed by atoms with Crippen molar-refractivity contribution in [3.63, 3.8) is 0 Å². The van der Waals surface area contributed by atoms with Gasteiger partial charge in [0.25, 0.3) is 0 Å². The second kappa shape index (κ2) is 7.18. The quantitative estimate of drug-likeness (QED) is 0.284. The minimum Gasteiger partial charge on any atom is -0.466 e. The molecule has 0 aromatic carbocycles. The van der Waals surface area contributed by atoms with Crippen LogP contribution in [0.1, 0.15) is 26.7 Å². The van der Waals surface area contributed by atoms with Crippen molar-refractivity contribution >= 4 is 5.97 Å². The van der Waals surface area contributed by atoms with Crippen molar-refractivity contribution in [2.24, 2.45) is 5.11 Å². The number of rotatable bonds is 5. The lowest BCUT2D eigenvalue weighted by Gasteiger charge is -2.00. The van der Waals surface area contributed by atoms with Crippen LogP contribution in [0, 0.1) is 0 Å². The van der Waals surface area contributed by atoms with Crippen molar-refractivity contribution < 1.29 is 9.53 Å². The number of hydrogen-bond donors (Lipinski definition) is 0. The van der Waals surface area contributed by atoms with Crippen LogP contribution >= 0.6 is 0 Å². The molecule has 0 amide bonds. The summed E-state index contributed by atoms with van der Waals surface area (Å²) < 4.78 is 4.70. The van der Waals surface area contributed by atoms with E-state index >= 15 is 0 Å². The zero-order valence-corrected chi connectivity index (χ0v) is 7.86. The summed E-state index contributed by atoms with van der Waals surface area (Å²) in [6.45, 7) is 3.97. The van der Waals surface area contributed by atoms with E-state index in [2.05, 4.69) is 10.0 Å². The third kappa shape index (κ3) is 5.75. The molecule has 0 aromatic rings. The third-order valence-corrected chi connectivity index (χ3v) is 1.24. The first-order valence-electron chi connectivity index (χ1n) is 4.14. The third-order valence-electron chi connectivity index (χ3n) is 1.24. The number of esters is 1. The molecule has 0 heterocycles. The highest BCUT2D eigenvalue weighted by Crippen LogP contribution is 2.06. The standard InChI is InChI=1S/C8H13N3O2/c1-3-5-7(10-11-9)6-8(12)13-4-2/h5H,3-4,6H2,1-2H3/b7-5+. The van der Waals surface area contributed by atoms with Gasteiger partial charge in [-0.1, -0.05) is 18.1 Å². The van der Waals surface area contributed by atoms with E-state index in [1.165, 1.54) is 0 Å². The summed E-state index contributed by atoms with van der Waals surface area (Å²) in [6.07, 6.45) is 2.48. The van der Waals surface area contributed by atoms with E-state index in [4.69, 9.17) is 10.3 Å². The van der Waals surface area contributed by atoms with E-state index in [1.807, 2.05) is 6.92 Å². The normalized spacial score (nSPS) is 10.5. The van der Waals surface area contributed by atoms with Gasteiger partial charge in [-0.15, -0.1) is 0 Å². The second-order valence-corrected chi connectivity index (χ2v) is 2.27. The lowest BCUT2D eigenvalue weighted by atomic mass is 10.3. The topological polar surface area (TPSA) is 75.1 Å². The lowest BCUT2D eigenvalue weighted by molar-refractivity contribution is -0.142. The molecule has 0 fully saturated rings. The van der Waals surface area contributed by atoms with Crippen molar-refractivity contribution in [3.05, 3.63) is 22.2 Å². The van der Waals surface area contributed by atoms with Crippen LogP contribution in [0.3, 0.4) is 0 Å². The molecular weight excluding hydrogens is 170 g/mol. The largest absolute Gasteiger partial charge is 0.466 e. The molecule has 0 spiro atoms. The number of carbonyl (C=O) groups excluding carboxylic acids is 1. The number of allylic oxidation sites excluding steroid dienone is 1. The van der Waals surface area contributed by atoms with Crippen LogP contribution in [0.4, 0.5) is 0 Å². The molecule has 0 radical (unpaired) electrons. The first-order valence-corrected chi connectivity index (χ1v) is 4.14. The zero-order valence-electron chi connectivity index (χ0n) is 7.86. The van der Waals surface area contributed by atoms with Crippen LogP contribution in [0.5, 0.6) is 0 Å². The van der Waals surface area contributed by atoms with Crippen LogP contribution in [-0.4, -0.2) is 12.6 Å². The fraction of sp³-hybridized carbons (Fsp3) is 0.625. The molecule has 0 bridgehead atoms. The Bertz CT molecular complexity index is 242. The van der Waals surface area contributed by atoms with E-state index in [-0.39, 0.29) is 12.4 Å². The Morgan fingerprint density at radius 1 is 1.62 bits per heavy atom. The highest BCUT2D eigenvalue weighted by atomic mass is 16.5. The number of nitrogens with zero attached hydrogens (tertiary/aromatic N) is 3. The summed E-state index contributed by atoms with van der Waals surface area (Å²) >= 11 is 0. The molecule has 0 aliphatic heterocycles. The van der Waals surface area contributed by atoms with E-state index in [0.717, 1.165) is 6.42 Å². The van der Waals surface area contributed by atoms with Gasteiger partial charge in [-0.2, -0.15) is 0 Å². The monoisotopic (exact) mass is 183 g/mol. The summed E-state index contributed by atoms with van der Waals surface area (Å²) in [6, 6.07) is 0. The summed E-state index contributed by atoms with van der Waals surface area (Å²) in [7, 11) is 0. The number of hydrogen-bond acceptors (Lipinski definition) is 3. The average molecular weight is 183 g/mol. The van der Waals surface area contributed by atoms with Gasteiger partial charge >= 0.3 is 5.97 Å². The Morgan fingerprint density at radius 2 is 2.31 bits per heavy atom. The van der Waals surface area contributed by atoms with Crippen LogP contribution in [0.2, 0.25) is 0 Å². The SMILES string of the molecule is CC/C=C(\CC(=O)OCC)N=[N+]=[N-]. The van der Waals surface area contributed by atoms with Crippen LogP contribution in [0.25, 0.3) is 10.4 Å². The lowest BCUT2D eigenvalue weighted by Crippen LogP contribution is -2.04. The van der Waals surface area contributed by atoms with Gasteiger partial charge in [-0.3, -0.25) is 4.79 Å². The van der Waals surface area contributed by atoms with Crippen LogP contribution in [-0.2, 0) is 9.53 Å². The van der Waals surface area contributed by atoms with Gasteiger partial charge in [0.15, 0.2) is 0 Å². The molecule has 5 heteroatoms. The minimum absolute atomic E-state index is 0.0474. The van der Waals surface area contributed by atoms with Crippen molar-refractivity contribution in [2.45, 2.75) is 26.7 Å². The molecule has 0 saturated heterocycles. The molecule has 0 saturated carbocycles. The fourth-order valence-corrected chi connectivity index (χ4v) is 0.801. The number of azide groups is 1. The van der Waals surface area contributed by atoms with E-state index in [0.29, 0.717) is 12.3 Å². The van der Waals surface area contributed by atoms with Gasteiger partial charge in [-0.25, -0.2) is 0 Å². The molecule has 13 heavy (non-hydrogen) atoms. The number of carbonyl (C=O) groups is 1. The molecule has 0 aromatic heterocycles. The first-order chi connectivity index (χ1) is 6.24. The Hall–Kier alpha value is -1.48. The smallest absolute Gasteiger partial charge is 0.310 e. The number of ether oxygens (including phenoxy) is 1. The molecule has 72 valence electrons. The predicted molar refractivity (Wildman–Crippen MR) is 48.8 cm³/mol. The summed E-state index contributed by atoms with van der Waals surface area (Å²) in [4.78, 5) is 13.6. The van der Waals surface area contributed by atoms with E-state index < -0.39 is 0 Å². The molecular formula is C8H13N3O2. The van der Waals surface area contributed by atoms with Gasteiger partial charge in [0, 0.05) is 10.6 Å². The first kappa shape index (κ1) is 11.5. The summed E-state index contributed by atoms with van der Waals surface area (Å²) in [5, 5.41) is 3.38. The predicted octanol–water partition coefficient (Wildman–Crippen LogP) is 2.54. The fourth-order valence-electron chi connectivity index (χ4n) is 0.801. The Kier molecular flexibility index (Phi) is 6.37. The molecule has 0 aliphatic carbocycles. The maximum absolute atomic E-state index is 11.0. The van der Waals surface area contributed by atoms with Crippen molar-refractivity contribution in [1.82, 2.24) is 0 Å². The maximum Gasteiger partial charge on any atom is 0.310 e. The highest BCUT2D eigenvalue weighted by Gasteiger charge is 2.03. The van der Waals surface area contributed by atoms with E-state index in [1.54, 1.807) is 13.0 Å². The van der Waals surface area contributed by atoms with Crippen LogP contribution < -0.4 is 0 Å². The van der Waals surface area contributed by atoms with Crippen molar-refractivity contribution in [1.29, 1.82) is 0 Å². The van der Waals surface area contributed by atoms with Gasteiger partial charge in [-0.05, 0) is 18.9 Å². The second-order valence-electron chi connectivity index (χ2n) is 2.27. The maximum atomic E-state index is 11.0. The van der Waals surface area contributed by atoms with E-state index in [9.17, 15) is 4.79 Å². The minimum atomic E-state index is -0.366. The van der Waals surface area contributed by atoms with Crippen molar-refractivity contribution in [3.8, 4) is 0 Å². The average Bonchev–Trinajstić information content (AvgIpc) is 2.05. The van der Waals surface area contributed by atoms with Gasteiger partial charge in [0.2, 0.25) is 0 Å². The van der Waals surface area contributed by atoms with Gasteiger partial charge in [0.05, 0.1) is 13.0 Å². The van der Waals surface area contributed by atoms with Gasteiger partial charge in [0.1, 0.15) is 0 Å². The Morgan fingerprint density at radius 3 is 2.77 bits per heavy atom. The zero-order chi connectivity index (χ0) is 10.1. The molecule has 5 nitrogen and oxygen atoms in total. The Balaban J connectivity index is 4.18. The molecule has 0 atom stereocenters.